The maximum absolute atomic E-state index is 10.2. The molecule has 2 N–H and O–H groups in total. The fraction of sp³-hybridized carbons (Fsp3) is 0.214. The van der Waals surface area contributed by atoms with Gasteiger partial charge in [0.2, 0.25) is 0 Å². The summed E-state index contributed by atoms with van der Waals surface area (Å²) in [4.78, 5) is 0. The van der Waals surface area contributed by atoms with E-state index in [-0.39, 0.29) is 5.75 Å². The third-order valence-electron chi connectivity index (χ3n) is 3.15. The van der Waals surface area contributed by atoms with Gasteiger partial charge < -0.3 is 5.11 Å². The van der Waals surface area contributed by atoms with Gasteiger partial charge in [0.1, 0.15) is 11.4 Å². The highest BCUT2D eigenvalue weighted by atomic mass is 16.3. The first kappa shape index (κ1) is 10.1. The molecule has 2 aromatic rings. The van der Waals surface area contributed by atoms with Crippen molar-refractivity contribution in [1.29, 1.82) is 0 Å². The zero-order chi connectivity index (χ0) is 11.7. The van der Waals surface area contributed by atoms with Crippen LogP contribution in [0.5, 0.6) is 5.75 Å². The molecule has 17 heavy (non-hydrogen) atoms. The highest BCUT2D eigenvalue weighted by Crippen LogP contribution is 2.37. The fourth-order valence-electron chi connectivity index (χ4n) is 2.26. The second-order valence-electron chi connectivity index (χ2n) is 4.28. The molecule has 0 bridgehead atoms. The summed E-state index contributed by atoms with van der Waals surface area (Å²) in [6.07, 6.45) is 5.44. The molecule has 0 unspecified atom stereocenters. The third-order valence-corrected chi connectivity index (χ3v) is 3.15. The number of benzene rings is 1. The van der Waals surface area contributed by atoms with Crippen LogP contribution in [-0.2, 0) is 0 Å². The van der Waals surface area contributed by atoms with Crippen LogP contribution in [-0.4, -0.2) is 15.3 Å². The first-order chi connectivity index (χ1) is 8.36. The first-order valence-electron chi connectivity index (χ1n) is 5.88. The Bertz CT molecular complexity index is 555. The molecule has 3 rings (SSSR count). The predicted octanol–water partition coefficient (Wildman–Crippen LogP) is 3.35. The number of H-pyrrole nitrogens is 1. The van der Waals surface area contributed by atoms with E-state index >= 15 is 0 Å². The molecule has 0 aliphatic heterocycles. The molecule has 1 aliphatic rings. The van der Waals surface area contributed by atoms with Crippen molar-refractivity contribution in [2.24, 2.45) is 0 Å². The molecular formula is C14H14N2O. The van der Waals surface area contributed by atoms with Crippen LogP contribution < -0.4 is 0 Å². The molecule has 86 valence electrons. The van der Waals surface area contributed by atoms with E-state index < -0.39 is 0 Å². The van der Waals surface area contributed by atoms with Gasteiger partial charge in [-0.05, 0) is 24.8 Å². The number of rotatable bonds is 2. The van der Waals surface area contributed by atoms with Gasteiger partial charge in [-0.1, -0.05) is 36.4 Å². The monoisotopic (exact) mass is 226 g/mol. The Labute approximate surface area is 99.8 Å². The van der Waals surface area contributed by atoms with Crippen molar-refractivity contribution >= 4 is 5.57 Å². The standard InChI is InChI=1S/C14H14N2O/c17-14-12(10-6-2-1-3-7-10)15-16-13(14)11-8-4-5-9-11/h1-3,6-8,17H,4-5,9H2,(H,15,16). The minimum atomic E-state index is 0.268. The summed E-state index contributed by atoms with van der Waals surface area (Å²) in [5.41, 5.74) is 3.53. The maximum Gasteiger partial charge on any atom is 0.169 e. The van der Waals surface area contributed by atoms with Crippen molar-refractivity contribution in [3.63, 3.8) is 0 Å². The molecule has 3 nitrogen and oxygen atoms in total. The van der Waals surface area contributed by atoms with Gasteiger partial charge in [0.05, 0.1) is 0 Å². The zero-order valence-electron chi connectivity index (χ0n) is 9.48. The molecule has 3 heteroatoms. The average molecular weight is 226 g/mol. The lowest BCUT2D eigenvalue weighted by Crippen LogP contribution is -1.80. The van der Waals surface area contributed by atoms with Gasteiger partial charge in [-0.3, -0.25) is 5.10 Å². The molecule has 1 aromatic carbocycles. The molecule has 0 radical (unpaired) electrons. The van der Waals surface area contributed by atoms with E-state index in [1.54, 1.807) is 0 Å². The number of allylic oxidation sites excluding steroid dienone is 2. The lowest BCUT2D eigenvalue weighted by molar-refractivity contribution is 0.475. The molecule has 1 heterocycles. The van der Waals surface area contributed by atoms with Crippen molar-refractivity contribution in [3.05, 3.63) is 42.1 Å². The van der Waals surface area contributed by atoms with Crippen LogP contribution in [0, 0.1) is 0 Å². The second-order valence-corrected chi connectivity index (χ2v) is 4.28. The molecule has 0 amide bonds. The maximum atomic E-state index is 10.2. The average Bonchev–Trinajstić information content (AvgIpc) is 2.99. The summed E-state index contributed by atoms with van der Waals surface area (Å²) in [7, 11) is 0. The van der Waals surface area contributed by atoms with Crippen molar-refractivity contribution in [1.82, 2.24) is 10.2 Å². The lowest BCUT2D eigenvalue weighted by Gasteiger charge is -1.99. The SMILES string of the molecule is Oc1c(-c2ccccc2)n[nH]c1C1=CCCC1. The van der Waals surface area contributed by atoms with Gasteiger partial charge in [0.25, 0.3) is 0 Å². The Kier molecular flexibility index (Phi) is 2.44. The van der Waals surface area contributed by atoms with Crippen LogP contribution in [0.25, 0.3) is 16.8 Å². The number of nitrogens with one attached hydrogen (secondary N) is 1. The minimum Gasteiger partial charge on any atom is -0.504 e. The van der Waals surface area contributed by atoms with E-state index in [0.29, 0.717) is 5.69 Å². The summed E-state index contributed by atoms with van der Waals surface area (Å²) in [6, 6.07) is 9.73. The first-order valence-corrected chi connectivity index (χ1v) is 5.88. The van der Waals surface area contributed by atoms with Crippen LogP contribution in [0.2, 0.25) is 0 Å². The van der Waals surface area contributed by atoms with Gasteiger partial charge >= 0.3 is 0 Å². The van der Waals surface area contributed by atoms with Gasteiger partial charge in [0, 0.05) is 5.56 Å². The summed E-state index contributed by atoms with van der Waals surface area (Å²) >= 11 is 0. The lowest BCUT2D eigenvalue weighted by atomic mass is 10.1. The highest BCUT2D eigenvalue weighted by Gasteiger charge is 2.18. The molecule has 0 fully saturated rings. The molecule has 0 spiro atoms. The summed E-state index contributed by atoms with van der Waals surface area (Å²) in [6.45, 7) is 0. The Hall–Kier alpha value is -2.03. The van der Waals surface area contributed by atoms with E-state index in [0.717, 1.165) is 30.5 Å². The van der Waals surface area contributed by atoms with Crippen molar-refractivity contribution < 1.29 is 5.11 Å². The second kappa shape index (κ2) is 4.09. The normalized spacial score (nSPS) is 14.9. The predicted molar refractivity (Wildman–Crippen MR) is 67.5 cm³/mol. The molecule has 0 atom stereocenters. The van der Waals surface area contributed by atoms with Gasteiger partial charge in [-0.15, -0.1) is 0 Å². The summed E-state index contributed by atoms with van der Waals surface area (Å²) < 4.78 is 0. The smallest absolute Gasteiger partial charge is 0.169 e. The highest BCUT2D eigenvalue weighted by molar-refractivity contribution is 5.77. The Morgan fingerprint density at radius 3 is 2.71 bits per heavy atom. The molecule has 0 saturated carbocycles. The van der Waals surface area contributed by atoms with E-state index in [2.05, 4.69) is 16.3 Å². The fourth-order valence-corrected chi connectivity index (χ4v) is 2.26. The van der Waals surface area contributed by atoms with Crippen molar-refractivity contribution in [2.45, 2.75) is 19.3 Å². The third kappa shape index (κ3) is 1.73. The van der Waals surface area contributed by atoms with E-state index in [9.17, 15) is 5.11 Å². The molecule has 1 aliphatic carbocycles. The van der Waals surface area contributed by atoms with Crippen LogP contribution in [0.4, 0.5) is 0 Å². The topological polar surface area (TPSA) is 48.9 Å². The van der Waals surface area contributed by atoms with Crippen LogP contribution in [0.3, 0.4) is 0 Å². The largest absolute Gasteiger partial charge is 0.504 e. The van der Waals surface area contributed by atoms with Crippen LogP contribution >= 0.6 is 0 Å². The van der Waals surface area contributed by atoms with Gasteiger partial charge in [0.15, 0.2) is 5.75 Å². The Balaban J connectivity index is 2.03. The van der Waals surface area contributed by atoms with E-state index in [1.165, 1.54) is 5.57 Å². The zero-order valence-corrected chi connectivity index (χ0v) is 9.48. The number of nitrogens with zero attached hydrogens (tertiary/aromatic N) is 1. The van der Waals surface area contributed by atoms with Gasteiger partial charge in [-0.2, -0.15) is 5.10 Å². The Morgan fingerprint density at radius 2 is 2.00 bits per heavy atom. The van der Waals surface area contributed by atoms with E-state index in [4.69, 9.17) is 0 Å². The van der Waals surface area contributed by atoms with Crippen molar-refractivity contribution in [2.75, 3.05) is 0 Å². The summed E-state index contributed by atoms with van der Waals surface area (Å²) in [5, 5.41) is 17.4. The minimum absolute atomic E-state index is 0.268. The number of aromatic amines is 1. The van der Waals surface area contributed by atoms with Crippen LogP contribution in [0.15, 0.2) is 36.4 Å². The van der Waals surface area contributed by atoms with Crippen LogP contribution in [0.1, 0.15) is 25.0 Å². The number of aromatic hydroxyl groups is 1. The number of aromatic nitrogens is 2. The molecular weight excluding hydrogens is 212 g/mol. The summed E-state index contributed by atoms with van der Waals surface area (Å²) in [5.74, 6) is 0.268. The molecule has 0 saturated heterocycles. The van der Waals surface area contributed by atoms with Gasteiger partial charge in [-0.25, -0.2) is 0 Å². The Morgan fingerprint density at radius 1 is 1.18 bits per heavy atom. The molecule has 1 aromatic heterocycles. The number of hydrogen-bond donors (Lipinski definition) is 2. The van der Waals surface area contributed by atoms with E-state index in [1.807, 2.05) is 30.3 Å². The quantitative estimate of drug-likeness (QED) is 0.825. The number of hydrogen-bond acceptors (Lipinski definition) is 2. The van der Waals surface area contributed by atoms with Crippen molar-refractivity contribution in [3.8, 4) is 17.0 Å².